The summed E-state index contributed by atoms with van der Waals surface area (Å²) in [7, 11) is 0. The number of esters is 1. The largest absolute Gasteiger partial charge is 0.507 e. The van der Waals surface area contributed by atoms with Gasteiger partial charge in [0.15, 0.2) is 5.13 Å². The van der Waals surface area contributed by atoms with E-state index >= 15 is 0 Å². The summed E-state index contributed by atoms with van der Waals surface area (Å²) in [5, 5.41) is 11.4. The number of carbonyl (C=O) groups excluding carboxylic acids is 3. The number of Topliss-reactive ketones (excluding diaryl/α,β-unsaturated/α-hetero) is 1. The first-order valence-electron chi connectivity index (χ1n) is 12.8. The topological polar surface area (TPSA) is 106 Å². The molecule has 4 aromatic rings. The number of aliphatic hydroxyl groups excluding tert-OH is 1. The van der Waals surface area contributed by atoms with E-state index in [1.54, 1.807) is 61.5 Å². The molecule has 1 fully saturated rings. The van der Waals surface area contributed by atoms with Crippen molar-refractivity contribution in [1.82, 2.24) is 4.98 Å². The number of aryl methyl sites for hydroxylation is 1. The van der Waals surface area contributed by atoms with Gasteiger partial charge in [0.25, 0.3) is 5.78 Å². The van der Waals surface area contributed by atoms with Gasteiger partial charge in [-0.3, -0.25) is 14.5 Å². The lowest BCUT2D eigenvalue weighted by Crippen LogP contribution is -2.29. The van der Waals surface area contributed by atoms with Gasteiger partial charge in [-0.15, -0.1) is 0 Å². The summed E-state index contributed by atoms with van der Waals surface area (Å²) in [6.07, 6.45) is 1.45. The van der Waals surface area contributed by atoms with Gasteiger partial charge in [-0.05, 0) is 30.2 Å². The van der Waals surface area contributed by atoms with Gasteiger partial charge < -0.3 is 14.6 Å². The van der Waals surface area contributed by atoms with E-state index < -0.39 is 23.7 Å². The Labute approximate surface area is 240 Å². The predicted molar refractivity (Wildman–Crippen MR) is 156 cm³/mol. The maximum atomic E-state index is 13.5. The molecule has 5 rings (SSSR count). The lowest BCUT2D eigenvalue weighted by Gasteiger charge is -2.23. The van der Waals surface area contributed by atoms with Crippen molar-refractivity contribution in [1.29, 1.82) is 0 Å². The highest BCUT2D eigenvalue weighted by Crippen LogP contribution is 2.44. The monoisotopic (exact) mass is 566 g/mol. The van der Waals surface area contributed by atoms with Crippen molar-refractivity contribution in [2.45, 2.75) is 19.6 Å². The minimum Gasteiger partial charge on any atom is -0.507 e. The number of ketones is 1. The molecular formula is C32H26N2O6S. The number of aromatic nitrogens is 1. The van der Waals surface area contributed by atoms with Crippen LogP contribution in [0.15, 0.2) is 103 Å². The highest BCUT2D eigenvalue weighted by Gasteiger charge is 2.48. The Morgan fingerprint density at radius 2 is 1.76 bits per heavy atom. The molecule has 1 aromatic heterocycles. The summed E-state index contributed by atoms with van der Waals surface area (Å²) in [5.74, 6) is -2.15. The first-order chi connectivity index (χ1) is 19.9. The third-order valence-corrected chi connectivity index (χ3v) is 7.56. The van der Waals surface area contributed by atoms with Crippen molar-refractivity contribution in [2.24, 2.45) is 0 Å². The number of benzene rings is 3. The lowest BCUT2D eigenvalue weighted by molar-refractivity contribution is -0.132. The average Bonchev–Trinajstić information content (AvgIpc) is 3.51. The quantitative estimate of drug-likeness (QED) is 0.0871. The fourth-order valence-electron chi connectivity index (χ4n) is 4.49. The zero-order valence-corrected chi connectivity index (χ0v) is 23.0. The Balaban J connectivity index is 1.60. The summed E-state index contributed by atoms with van der Waals surface area (Å²) in [4.78, 5) is 45.5. The van der Waals surface area contributed by atoms with Gasteiger partial charge in [0, 0.05) is 5.56 Å². The molecule has 1 aliphatic heterocycles. The van der Waals surface area contributed by atoms with Crippen LogP contribution in [-0.2, 0) is 20.9 Å². The van der Waals surface area contributed by atoms with Crippen molar-refractivity contribution < 1.29 is 29.0 Å². The molecule has 1 unspecified atom stereocenters. The van der Waals surface area contributed by atoms with Crippen LogP contribution in [-0.4, -0.2) is 34.4 Å². The van der Waals surface area contributed by atoms with E-state index in [0.717, 1.165) is 16.9 Å². The summed E-state index contributed by atoms with van der Waals surface area (Å²) in [6, 6.07) is 24.2. The van der Waals surface area contributed by atoms with Crippen LogP contribution in [0, 0.1) is 6.92 Å². The van der Waals surface area contributed by atoms with Gasteiger partial charge in [-0.1, -0.05) is 96.8 Å². The Bertz CT molecular complexity index is 1650. The first-order valence-corrected chi connectivity index (χ1v) is 13.6. The molecule has 1 N–H and O–H groups in total. The molecule has 2 heterocycles. The summed E-state index contributed by atoms with van der Waals surface area (Å²) >= 11 is 0.938. The van der Waals surface area contributed by atoms with Gasteiger partial charge >= 0.3 is 11.9 Å². The fourth-order valence-corrected chi connectivity index (χ4v) is 5.47. The van der Waals surface area contributed by atoms with Crippen LogP contribution in [0.2, 0.25) is 0 Å². The molecule has 206 valence electrons. The molecule has 1 atom stereocenters. The number of amides is 1. The number of hydrogen-bond donors (Lipinski definition) is 1. The highest BCUT2D eigenvalue weighted by atomic mass is 32.1. The molecule has 3 aromatic carbocycles. The normalized spacial score (nSPS) is 16.0. The first kappa shape index (κ1) is 27.5. The molecule has 0 bridgehead atoms. The Kier molecular flexibility index (Phi) is 8.07. The number of rotatable bonds is 9. The van der Waals surface area contributed by atoms with Gasteiger partial charge in [-0.25, -0.2) is 9.78 Å². The molecule has 1 aliphatic rings. The fraction of sp³-hybridized carbons (Fsp3) is 0.125. The van der Waals surface area contributed by atoms with Crippen LogP contribution in [0.5, 0.6) is 5.75 Å². The molecular weight excluding hydrogens is 540 g/mol. The molecule has 41 heavy (non-hydrogen) atoms. The molecule has 9 heteroatoms. The second kappa shape index (κ2) is 12.0. The smallest absolute Gasteiger partial charge is 0.350 e. The minimum absolute atomic E-state index is 0.0167. The Hall–Kier alpha value is -5.02. The van der Waals surface area contributed by atoms with Crippen molar-refractivity contribution in [3.63, 3.8) is 0 Å². The van der Waals surface area contributed by atoms with E-state index in [0.29, 0.717) is 29.2 Å². The van der Waals surface area contributed by atoms with Crippen molar-refractivity contribution in [3.8, 4) is 5.75 Å². The van der Waals surface area contributed by atoms with E-state index in [-0.39, 0.29) is 27.9 Å². The van der Waals surface area contributed by atoms with E-state index in [9.17, 15) is 19.5 Å². The average molecular weight is 567 g/mol. The van der Waals surface area contributed by atoms with Gasteiger partial charge in [0.2, 0.25) is 0 Å². The zero-order valence-electron chi connectivity index (χ0n) is 22.2. The second-order valence-corrected chi connectivity index (χ2v) is 10.2. The van der Waals surface area contributed by atoms with E-state index in [1.807, 2.05) is 30.3 Å². The summed E-state index contributed by atoms with van der Waals surface area (Å²) in [6.45, 7) is 5.50. The van der Waals surface area contributed by atoms with Crippen LogP contribution < -0.4 is 9.64 Å². The molecule has 1 amide bonds. The molecule has 0 radical (unpaired) electrons. The molecule has 0 aliphatic carbocycles. The van der Waals surface area contributed by atoms with E-state index in [1.165, 1.54) is 11.0 Å². The number of aliphatic hydroxyl groups is 1. The molecule has 0 saturated carbocycles. The van der Waals surface area contributed by atoms with Crippen LogP contribution in [0.3, 0.4) is 0 Å². The Morgan fingerprint density at radius 1 is 1.05 bits per heavy atom. The number of carbonyl (C=O) groups is 3. The van der Waals surface area contributed by atoms with Crippen LogP contribution in [0.25, 0.3) is 5.76 Å². The number of anilines is 1. The number of ether oxygens (including phenoxy) is 2. The highest BCUT2D eigenvalue weighted by molar-refractivity contribution is 7.17. The number of nitrogens with zero attached hydrogens (tertiary/aromatic N) is 2. The zero-order chi connectivity index (χ0) is 28.9. The van der Waals surface area contributed by atoms with Gasteiger partial charge in [-0.2, -0.15) is 0 Å². The SMILES string of the molecule is C=CCOC(=O)c1sc(N2C(=O)C(=O)/C(=C(/O)c3ccccc3)C2c2cccc(OCc3ccccc3)c2)nc1C. The molecule has 0 spiro atoms. The van der Waals surface area contributed by atoms with Gasteiger partial charge in [0.1, 0.15) is 29.6 Å². The van der Waals surface area contributed by atoms with Gasteiger partial charge in [0.05, 0.1) is 17.3 Å². The minimum atomic E-state index is -1.03. The number of thiazole rings is 1. The standard InChI is InChI=1S/C32H26N2O6S/c1-3-17-39-31(38)29-20(2)33-32(41-29)34-26(25(28(36)30(34)37)27(35)22-13-8-5-9-14-22)23-15-10-16-24(18-23)40-19-21-11-6-4-7-12-21/h3-16,18,26,35H,1,17,19H2,2H3/b27-25+. The van der Waals surface area contributed by atoms with Crippen molar-refractivity contribution >= 4 is 39.9 Å². The lowest BCUT2D eigenvalue weighted by atomic mass is 9.95. The molecule has 8 nitrogen and oxygen atoms in total. The second-order valence-electron chi connectivity index (χ2n) is 9.18. The third kappa shape index (κ3) is 5.66. The predicted octanol–water partition coefficient (Wildman–Crippen LogP) is 6.00. The third-order valence-electron chi connectivity index (χ3n) is 6.42. The van der Waals surface area contributed by atoms with E-state index in [4.69, 9.17) is 9.47 Å². The maximum Gasteiger partial charge on any atom is 0.350 e. The number of hydrogen-bond acceptors (Lipinski definition) is 8. The van der Waals surface area contributed by atoms with Crippen LogP contribution in [0.4, 0.5) is 5.13 Å². The maximum absolute atomic E-state index is 13.5. The molecule has 1 saturated heterocycles. The summed E-state index contributed by atoms with van der Waals surface area (Å²) < 4.78 is 11.2. The summed E-state index contributed by atoms with van der Waals surface area (Å²) in [5.41, 5.74) is 2.14. The van der Waals surface area contributed by atoms with Crippen LogP contribution >= 0.6 is 11.3 Å². The van der Waals surface area contributed by atoms with E-state index in [2.05, 4.69) is 11.6 Å². The van der Waals surface area contributed by atoms with Crippen molar-refractivity contribution in [3.05, 3.63) is 130 Å². The van der Waals surface area contributed by atoms with Crippen molar-refractivity contribution in [2.75, 3.05) is 11.5 Å². The van der Waals surface area contributed by atoms with Crippen LogP contribution in [0.1, 0.15) is 38.1 Å². The Morgan fingerprint density at radius 3 is 2.46 bits per heavy atom.